The zero-order chi connectivity index (χ0) is 19.1. The Hall–Kier alpha value is -2.13. The molecule has 1 saturated heterocycles. The SMILES string of the molecule is N#CCCN(C(=O)/C=C/c1ccc(-c2cccc(Cl)c2)s1)C1CCOCC1. The van der Waals surface area contributed by atoms with Crippen LogP contribution < -0.4 is 0 Å². The first-order valence-corrected chi connectivity index (χ1v) is 10.2. The molecule has 0 saturated carbocycles. The number of amides is 1. The first-order chi connectivity index (χ1) is 13.2. The van der Waals surface area contributed by atoms with Gasteiger partial charge in [0.1, 0.15) is 0 Å². The predicted molar refractivity (Wildman–Crippen MR) is 110 cm³/mol. The Morgan fingerprint density at radius 2 is 2.15 bits per heavy atom. The fraction of sp³-hybridized carbons (Fsp3) is 0.333. The van der Waals surface area contributed by atoms with E-state index in [9.17, 15) is 4.79 Å². The smallest absolute Gasteiger partial charge is 0.246 e. The topological polar surface area (TPSA) is 53.3 Å². The van der Waals surface area contributed by atoms with Gasteiger partial charge in [-0.3, -0.25) is 4.79 Å². The Kier molecular flexibility index (Phi) is 7.05. The number of nitrogens with zero attached hydrogens (tertiary/aromatic N) is 2. The predicted octanol–water partition coefficient (Wildman–Crippen LogP) is 5.00. The Labute approximate surface area is 168 Å². The molecular weight excluding hydrogens is 380 g/mol. The van der Waals surface area contributed by atoms with Crippen molar-refractivity contribution in [3.8, 4) is 16.5 Å². The van der Waals surface area contributed by atoms with Crippen LogP contribution in [0, 0.1) is 11.3 Å². The van der Waals surface area contributed by atoms with Crippen molar-refractivity contribution in [3.63, 3.8) is 0 Å². The van der Waals surface area contributed by atoms with Crippen LogP contribution in [0.2, 0.25) is 5.02 Å². The second kappa shape index (κ2) is 9.70. The summed E-state index contributed by atoms with van der Waals surface area (Å²) in [7, 11) is 0. The summed E-state index contributed by atoms with van der Waals surface area (Å²) in [6, 6.07) is 14.0. The van der Waals surface area contributed by atoms with Crippen LogP contribution in [-0.4, -0.2) is 36.6 Å². The summed E-state index contributed by atoms with van der Waals surface area (Å²) < 4.78 is 5.39. The van der Waals surface area contributed by atoms with Gasteiger partial charge in [0.2, 0.25) is 5.91 Å². The van der Waals surface area contributed by atoms with Gasteiger partial charge in [0, 0.05) is 46.7 Å². The third-order valence-corrected chi connectivity index (χ3v) is 5.84. The highest BCUT2D eigenvalue weighted by atomic mass is 35.5. The maximum absolute atomic E-state index is 12.7. The normalized spacial score (nSPS) is 15.0. The van der Waals surface area contributed by atoms with Gasteiger partial charge in [0.15, 0.2) is 0 Å². The second-order valence-corrected chi connectivity index (χ2v) is 7.88. The molecule has 0 spiro atoms. The van der Waals surface area contributed by atoms with Gasteiger partial charge in [0.05, 0.1) is 12.5 Å². The van der Waals surface area contributed by atoms with Crippen molar-refractivity contribution in [2.24, 2.45) is 0 Å². The second-order valence-electron chi connectivity index (χ2n) is 6.33. The minimum Gasteiger partial charge on any atom is -0.381 e. The minimum absolute atomic E-state index is 0.0464. The van der Waals surface area contributed by atoms with Gasteiger partial charge in [0.25, 0.3) is 0 Å². The van der Waals surface area contributed by atoms with Crippen LogP contribution in [0.4, 0.5) is 0 Å². The van der Waals surface area contributed by atoms with Gasteiger partial charge in [-0.05, 0) is 48.7 Å². The number of benzene rings is 1. The van der Waals surface area contributed by atoms with Gasteiger partial charge in [-0.2, -0.15) is 5.26 Å². The number of rotatable bonds is 6. The van der Waals surface area contributed by atoms with Crippen molar-refractivity contribution in [1.29, 1.82) is 5.26 Å². The molecule has 1 aliphatic heterocycles. The van der Waals surface area contributed by atoms with Crippen LogP contribution in [0.25, 0.3) is 16.5 Å². The molecule has 1 aromatic heterocycles. The number of ether oxygens (including phenoxy) is 1. The van der Waals surface area contributed by atoms with Gasteiger partial charge >= 0.3 is 0 Å². The maximum Gasteiger partial charge on any atom is 0.246 e. The Bertz CT molecular complexity index is 850. The van der Waals surface area contributed by atoms with Gasteiger partial charge in [-0.25, -0.2) is 0 Å². The summed E-state index contributed by atoms with van der Waals surface area (Å²) in [6.45, 7) is 1.79. The number of carbonyl (C=O) groups excluding carboxylic acids is 1. The van der Waals surface area contributed by atoms with Crippen LogP contribution in [0.5, 0.6) is 0 Å². The summed E-state index contributed by atoms with van der Waals surface area (Å²) in [5, 5.41) is 9.60. The zero-order valence-electron chi connectivity index (χ0n) is 14.9. The molecule has 2 heterocycles. The Morgan fingerprint density at radius 3 is 2.89 bits per heavy atom. The number of hydrogen-bond donors (Lipinski definition) is 0. The van der Waals surface area contributed by atoms with Crippen molar-refractivity contribution in [2.45, 2.75) is 25.3 Å². The molecule has 140 valence electrons. The molecule has 3 rings (SSSR count). The van der Waals surface area contributed by atoms with E-state index in [1.54, 1.807) is 17.4 Å². The van der Waals surface area contributed by atoms with E-state index in [0.29, 0.717) is 31.2 Å². The standard InChI is InChI=1S/C21H21ClN2O2S/c22-17-4-1-3-16(15-17)20-7-5-19(27-20)6-8-21(25)24(12-2-11-23)18-9-13-26-14-10-18/h1,3-8,15,18H,2,9-10,12-14H2/b8-6+. The van der Waals surface area contributed by atoms with E-state index in [1.807, 2.05) is 47.4 Å². The summed E-state index contributed by atoms with van der Waals surface area (Å²) in [5.41, 5.74) is 1.07. The van der Waals surface area contributed by atoms with Crippen molar-refractivity contribution in [3.05, 3.63) is 52.4 Å². The fourth-order valence-electron chi connectivity index (χ4n) is 3.13. The van der Waals surface area contributed by atoms with E-state index < -0.39 is 0 Å². The maximum atomic E-state index is 12.7. The molecule has 4 nitrogen and oxygen atoms in total. The van der Waals surface area contributed by atoms with E-state index in [1.165, 1.54) is 0 Å². The number of carbonyl (C=O) groups is 1. The Morgan fingerprint density at radius 1 is 1.33 bits per heavy atom. The highest BCUT2D eigenvalue weighted by Gasteiger charge is 2.24. The highest BCUT2D eigenvalue weighted by molar-refractivity contribution is 7.16. The summed E-state index contributed by atoms with van der Waals surface area (Å²) in [4.78, 5) is 16.6. The minimum atomic E-state index is -0.0464. The van der Waals surface area contributed by atoms with Crippen LogP contribution in [0.15, 0.2) is 42.5 Å². The molecular formula is C21H21ClN2O2S. The lowest BCUT2D eigenvalue weighted by molar-refractivity contribution is -0.130. The summed E-state index contributed by atoms with van der Waals surface area (Å²) in [6.07, 6.45) is 5.45. The van der Waals surface area contributed by atoms with Gasteiger partial charge in [-0.1, -0.05) is 23.7 Å². The van der Waals surface area contributed by atoms with Crippen molar-refractivity contribution < 1.29 is 9.53 Å². The monoisotopic (exact) mass is 400 g/mol. The van der Waals surface area contributed by atoms with Crippen molar-refractivity contribution in [2.75, 3.05) is 19.8 Å². The van der Waals surface area contributed by atoms with Crippen LogP contribution in [0.3, 0.4) is 0 Å². The van der Waals surface area contributed by atoms with Crippen LogP contribution in [0.1, 0.15) is 24.1 Å². The zero-order valence-corrected chi connectivity index (χ0v) is 16.5. The third kappa shape index (κ3) is 5.43. The first-order valence-electron chi connectivity index (χ1n) is 8.96. The number of thiophene rings is 1. The Balaban J connectivity index is 1.69. The van der Waals surface area contributed by atoms with E-state index in [2.05, 4.69) is 6.07 Å². The average molecular weight is 401 g/mol. The molecule has 1 aromatic carbocycles. The van der Waals surface area contributed by atoms with Crippen molar-refractivity contribution in [1.82, 2.24) is 4.90 Å². The van der Waals surface area contributed by atoms with E-state index in [-0.39, 0.29) is 11.9 Å². The lowest BCUT2D eigenvalue weighted by atomic mass is 10.1. The number of hydrogen-bond acceptors (Lipinski definition) is 4. The molecule has 0 aliphatic carbocycles. The van der Waals surface area contributed by atoms with E-state index >= 15 is 0 Å². The molecule has 0 unspecified atom stereocenters. The number of halogens is 1. The molecule has 0 N–H and O–H groups in total. The largest absolute Gasteiger partial charge is 0.381 e. The first kappa shape index (κ1) is 19.6. The molecule has 0 atom stereocenters. The molecule has 1 amide bonds. The molecule has 6 heteroatoms. The van der Waals surface area contributed by atoms with Gasteiger partial charge < -0.3 is 9.64 Å². The third-order valence-electron chi connectivity index (χ3n) is 4.51. The highest BCUT2D eigenvalue weighted by Crippen LogP contribution is 2.30. The molecule has 2 aromatic rings. The molecule has 1 aliphatic rings. The average Bonchev–Trinajstić information content (AvgIpc) is 3.17. The molecule has 1 fully saturated rings. The summed E-state index contributed by atoms with van der Waals surface area (Å²) in [5.74, 6) is -0.0464. The lowest BCUT2D eigenvalue weighted by Gasteiger charge is -2.33. The summed E-state index contributed by atoms with van der Waals surface area (Å²) >= 11 is 7.68. The quantitative estimate of drug-likeness (QED) is 0.641. The lowest BCUT2D eigenvalue weighted by Crippen LogP contribution is -2.43. The number of nitriles is 1. The van der Waals surface area contributed by atoms with E-state index in [0.717, 1.165) is 28.2 Å². The molecule has 0 bridgehead atoms. The fourth-order valence-corrected chi connectivity index (χ4v) is 4.23. The molecule has 0 radical (unpaired) electrons. The van der Waals surface area contributed by atoms with E-state index in [4.69, 9.17) is 21.6 Å². The van der Waals surface area contributed by atoms with Gasteiger partial charge in [-0.15, -0.1) is 11.3 Å². The van der Waals surface area contributed by atoms with Crippen LogP contribution in [-0.2, 0) is 9.53 Å². The van der Waals surface area contributed by atoms with Crippen molar-refractivity contribution >= 4 is 34.9 Å². The van der Waals surface area contributed by atoms with Crippen LogP contribution >= 0.6 is 22.9 Å². The molecule has 27 heavy (non-hydrogen) atoms.